The zero-order chi connectivity index (χ0) is 20.9. The van der Waals surface area contributed by atoms with Crippen LogP contribution in [0.4, 0.5) is 11.4 Å². The van der Waals surface area contributed by atoms with E-state index >= 15 is 0 Å². The molecule has 0 spiro atoms. The molecule has 30 heavy (non-hydrogen) atoms. The molecule has 0 bridgehead atoms. The highest BCUT2D eigenvalue weighted by Crippen LogP contribution is 2.51. The maximum Gasteiger partial charge on any atom is 0.155 e. The molecule has 3 nitrogen and oxygen atoms in total. The van der Waals surface area contributed by atoms with Gasteiger partial charge in [-0.3, -0.25) is 0 Å². The predicted octanol–water partition coefficient (Wildman–Crippen LogP) is 7.36. The molecule has 1 N–H and O–H groups in total. The summed E-state index contributed by atoms with van der Waals surface area (Å²) in [5.74, 6) is 1.89. The van der Waals surface area contributed by atoms with E-state index < -0.39 is 0 Å². The average Bonchev–Trinajstić information content (AvgIpc) is 2.80. The van der Waals surface area contributed by atoms with Crippen LogP contribution in [0.1, 0.15) is 57.2 Å². The third-order valence-electron chi connectivity index (χ3n) is 6.05. The first-order valence-electron chi connectivity index (χ1n) is 11.2. The Bertz CT molecular complexity index is 970. The fourth-order valence-electron chi connectivity index (χ4n) is 4.35. The first-order chi connectivity index (χ1) is 14.7. The number of nitrogens with zero attached hydrogens (tertiary/aromatic N) is 1. The van der Waals surface area contributed by atoms with Gasteiger partial charge < -0.3 is 15.0 Å². The summed E-state index contributed by atoms with van der Waals surface area (Å²) in [6, 6.07) is 26.3. The quantitative estimate of drug-likeness (QED) is 0.427. The lowest BCUT2D eigenvalue weighted by atomic mass is 10.0. The van der Waals surface area contributed by atoms with Crippen LogP contribution in [-0.4, -0.2) is 6.04 Å². The number of benzene rings is 3. The molecular weight excluding hydrogens is 368 g/mol. The van der Waals surface area contributed by atoms with Crippen molar-refractivity contribution >= 4 is 11.4 Å². The van der Waals surface area contributed by atoms with Crippen LogP contribution in [0.25, 0.3) is 0 Å². The van der Waals surface area contributed by atoms with Gasteiger partial charge in [0.1, 0.15) is 0 Å². The Kier molecular flexibility index (Phi) is 6.39. The van der Waals surface area contributed by atoms with Crippen molar-refractivity contribution in [1.29, 1.82) is 0 Å². The molecule has 2 atom stereocenters. The fraction of sp³-hybridized carbons (Fsp3) is 0.333. The summed E-state index contributed by atoms with van der Waals surface area (Å²) in [4.78, 5) is 2.41. The van der Waals surface area contributed by atoms with Gasteiger partial charge in [0, 0.05) is 18.2 Å². The van der Waals surface area contributed by atoms with Crippen molar-refractivity contribution in [1.82, 2.24) is 5.32 Å². The molecule has 1 heterocycles. The average molecular weight is 401 g/mol. The predicted molar refractivity (Wildman–Crippen MR) is 126 cm³/mol. The lowest BCUT2D eigenvalue weighted by Crippen LogP contribution is -2.29. The molecule has 1 aliphatic heterocycles. The van der Waals surface area contributed by atoms with Crippen molar-refractivity contribution in [3.63, 3.8) is 0 Å². The summed E-state index contributed by atoms with van der Waals surface area (Å²) in [7, 11) is 0. The lowest BCUT2D eigenvalue weighted by molar-refractivity contribution is 0.438. The number of anilines is 2. The second kappa shape index (κ2) is 9.36. The molecular formula is C27H32N2O. The van der Waals surface area contributed by atoms with Gasteiger partial charge >= 0.3 is 0 Å². The van der Waals surface area contributed by atoms with Gasteiger partial charge in [-0.05, 0) is 43.5 Å². The zero-order valence-corrected chi connectivity index (χ0v) is 18.3. The van der Waals surface area contributed by atoms with E-state index in [-0.39, 0.29) is 6.04 Å². The number of hydrogen-bond acceptors (Lipinski definition) is 3. The van der Waals surface area contributed by atoms with E-state index in [2.05, 4.69) is 97.7 Å². The number of para-hydroxylation sites is 3. The van der Waals surface area contributed by atoms with E-state index in [9.17, 15) is 0 Å². The minimum Gasteiger partial charge on any atom is -0.453 e. The third-order valence-corrected chi connectivity index (χ3v) is 6.05. The van der Waals surface area contributed by atoms with Crippen LogP contribution in [0.15, 0.2) is 72.8 Å². The van der Waals surface area contributed by atoms with E-state index in [0.717, 1.165) is 35.8 Å². The molecule has 0 amide bonds. The molecule has 4 rings (SSSR count). The summed E-state index contributed by atoms with van der Waals surface area (Å²) >= 11 is 0. The zero-order valence-electron chi connectivity index (χ0n) is 18.3. The third kappa shape index (κ3) is 4.08. The van der Waals surface area contributed by atoms with Gasteiger partial charge in [0.05, 0.1) is 17.4 Å². The molecule has 0 aromatic heterocycles. The Morgan fingerprint density at radius 2 is 1.60 bits per heavy atom. The molecule has 3 aromatic carbocycles. The maximum absolute atomic E-state index is 6.47. The van der Waals surface area contributed by atoms with Crippen LogP contribution in [-0.2, 0) is 6.54 Å². The Morgan fingerprint density at radius 3 is 2.37 bits per heavy atom. The molecule has 0 saturated heterocycles. The topological polar surface area (TPSA) is 24.5 Å². The smallest absolute Gasteiger partial charge is 0.155 e. The molecule has 3 aromatic rings. The molecule has 2 unspecified atom stereocenters. The van der Waals surface area contributed by atoms with Crippen LogP contribution in [0.3, 0.4) is 0 Å². The SMILES string of the molecule is CCCC(CC)NCc1cccc2c1Oc1ccccc1N2C(C)c1ccccc1. The largest absolute Gasteiger partial charge is 0.453 e. The van der Waals surface area contributed by atoms with Crippen LogP contribution < -0.4 is 15.0 Å². The molecule has 0 fully saturated rings. The summed E-state index contributed by atoms with van der Waals surface area (Å²) in [6.45, 7) is 7.58. The van der Waals surface area contributed by atoms with Gasteiger partial charge in [-0.1, -0.05) is 74.9 Å². The van der Waals surface area contributed by atoms with Crippen LogP contribution in [0.5, 0.6) is 11.5 Å². The van der Waals surface area contributed by atoms with E-state index in [1.54, 1.807) is 0 Å². The van der Waals surface area contributed by atoms with Crippen molar-refractivity contribution in [3.8, 4) is 11.5 Å². The lowest BCUT2D eigenvalue weighted by Gasteiger charge is -2.38. The van der Waals surface area contributed by atoms with Crippen molar-refractivity contribution < 1.29 is 4.74 Å². The van der Waals surface area contributed by atoms with Crippen LogP contribution in [0.2, 0.25) is 0 Å². The second-order valence-corrected chi connectivity index (χ2v) is 8.07. The molecule has 1 aliphatic rings. The first kappa shape index (κ1) is 20.5. The van der Waals surface area contributed by atoms with E-state index in [1.807, 2.05) is 6.07 Å². The standard InChI is InChI=1S/C27H32N2O/c1-4-12-23(5-2)28-19-22-15-11-17-25-27(22)30-26-18-10-9-16-24(26)29(25)20(3)21-13-7-6-8-14-21/h6-11,13-18,20,23,28H,4-5,12,19H2,1-3H3. The summed E-state index contributed by atoms with van der Waals surface area (Å²) in [5, 5.41) is 3.74. The number of nitrogens with one attached hydrogen (secondary N) is 1. The summed E-state index contributed by atoms with van der Waals surface area (Å²) in [5.41, 5.74) is 4.75. The second-order valence-electron chi connectivity index (χ2n) is 8.07. The van der Waals surface area contributed by atoms with Crippen molar-refractivity contribution in [2.45, 2.75) is 58.7 Å². The Hall–Kier alpha value is -2.78. The fourth-order valence-corrected chi connectivity index (χ4v) is 4.35. The minimum absolute atomic E-state index is 0.196. The van der Waals surface area contributed by atoms with Crippen molar-refractivity contribution in [2.24, 2.45) is 0 Å². The molecule has 0 aliphatic carbocycles. The van der Waals surface area contributed by atoms with E-state index in [1.165, 1.54) is 24.0 Å². The first-order valence-corrected chi connectivity index (χ1v) is 11.2. The maximum atomic E-state index is 6.47. The molecule has 0 radical (unpaired) electrons. The minimum atomic E-state index is 0.196. The van der Waals surface area contributed by atoms with Crippen molar-refractivity contribution in [3.05, 3.63) is 83.9 Å². The highest BCUT2D eigenvalue weighted by molar-refractivity contribution is 5.80. The van der Waals surface area contributed by atoms with Gasteiger partial charge in [-0.15, -0.1) is 0 Å². The van der Waals surface area contributed by atoms with Crippen molar-refractivity contribution in [2.75, 3.05) is 4.90 Å². The summed E-state index contributed by atoms with van der Waals surface area (Å²) < 4.78 is 6.47. The monoisotopic (exact) mass is 400 g/mol. The Balaban J connectivity index is 1.72. The number of hydrogen-bond donors (Lipinski definition) is 1. The van der Waals surface area contributed by atoms with Crippen LogP contribution >= 0.6 is 0 Å². The van der Waals surface area contributed by atoms with Crippen LogP contribution in [0, 0.1) is 0 Å². The Labute approximate surface area is 180 Å². The van der Waals surface area contributed by atoms with Gasteiger partial charge in [-0.25, -0.2) is 0 Å². The van der Waals surface area contributed by atoms with Gasteiger partial charge in [0.15, 0.2) is 11.5 Å². The molecule has 0 saturated carbocycles. The molecule has 156 valence electrons. The number of fused-ring (bicyclic) bond motifs is 2. The Morgan fingerprint density at radius 1 is 0.867 bits per heavy atom. The normalized spacial score (nSPS) is 14.4. The van der Waals surface area contributed by atoms with E-state index in [4.69, 9.17) is 4.74 Å². The van der Waals surface area contributed by atoms with Gasteiger partial charge in [0.25, 0.3) is 0 Å². The van der Waals surface area contributed by atoms with Gasteiger partial charge in [0.2, 0.25) is 0 Å². The van der Waals surface area contributed by atoms with E-state index in [0.29, 0.717) is 6.04 Å². The number of ether oxygens (including phenoxy) is 1. The molecule has 3 heteroatoms. The highest BCUT2D eigenvalue weighted by atomic mass is 16.5. The summed E-state index contributed by atoms with van der Waals surface area (Å²) in [6.07, 6.45) is 3.54. The number of rotatable bonds is 8. The highest BCUT2D eigenvalue weighted by Gasteiger charge is 2.30. The van der Waals surface area contributed by atoms with Gasteiger partial charge in [-0.2, -0.15) is 0 Å².